The van der Waals surface area contributed by atoms with Crippen LogP contribution in [0.25, 0.3) is 0 Å². The van der Waals surface area contributed by atoms with E-state index in [0.29, 0.717) is 0 Å². The molecule has 1 atom stereocenters. The SMILES string of the molecule is CCC(O)c1cscc1Br. The second kappa shape index (κ2) is 3.51. The Morgan fingerprint density at radius 1 is 1.70 bits per heavy atom. The Morgan fingerprint density at radius 3 is 2.80 bits per heavy atom. The summed E-state index contributed by atoms with van der Waals surface area (Å²) in [4.78, 5) is 0. The molecule has 1 aromatic rings. The minimum absolute atomic E-state index is 0.305. The van der Waals surface area contributed by atoms with Crippen LogP contribution in [0.15, 0.2) is 15.2 Å². The van der Waals surface area contributed by atoms with Crippen molar-refractivity contribution in [3.63, 3.8) is 0 Å². The summed E-state index contributed by atoms with van der Waals surface area (Å²) in [5, 5.41) is 13.3. The van der Waals surface area contributed by atoms with Gasteiger partial charge < -0.3 is 5.11 Å². The summed E-state index contributed by atoms with van der Waals surface area (Å²) in [6.45, 7) is 1.97. The van der Waals surface area contributed by atoms with E-state index in [9.17, 15) is 5.11 Å². The summed E-state index contributed by atoms with van der Waals surface area (Å²) >= 11 is 4.96. The maximum Gasteiger partial charge on any atom is 0.0806 e. The van der Waals surface area contributed by atoms with Gasteiger partial charge in [0.2, 0.25) is 0 Å². The van der Waals surface area contributed by atoms with Crippen LogP contribution in [0.1, 0.15) is 25.0 Å². The molecular weight excluding hydrogens is 212 g/mol. The van der Waals surface area contributed by atoms with Crippen molar-refractivity contribution in [2.45, 2.75) is 19.4 Å². The summed E-state index contributed by atoms with van der Waals surface area (Å²) in [7, 11) is 0. The highest BCUT2D eigenvalue weighted by Crippen LogP contribution is 2.28. The van der Waals surface area contributed by atoms with Gasteiger partial charge in [0.15, 0.2) is 0 Å². The summed E-state index contributed by atoms with van der Waals surface area (Å²) in [5.41, 5.74) is 1.01. The fourth-order valence-corrected chi connectivity index (χ4v) is 2.36. The van der Waals surface area contributed by atoms with Crippen molar-refractivity contribution in [3.05, 3.63) is 20.8 Å². The Bertz CT molecular complexity index is 209. The van der Waals surface area contributed by atoms with Gasteiger partial charge in [-0.2, -0.15) is 11.3 Å². The second-order valence-electron chi connectivity index (χ2n) is 2.10. The smallest absolute Gasteiger partial charge is 0.0806 e. The monoisotopic (exact) mass is 220 g/mol. The van der Waals surface area contributed by atoms with Crippen molar-refractivity contribution in [2.24, 2.45) is 0 Å². The molecule has 0 aliphatic heterocycles. The molecule has 1 aromatic heterocycles. The molecule has 1 rings (SSSR count). The van der Waals surface area contributed by atoms with E-state index < -0.39 is 0 Å². The third kappa shape index (κ3) is 1.59. The van der Waals surface area contributed by atoms with E-state index in [0.717, 1.165) is 16.5 Å². The molecule has 0 fully saturated rings. The predicted octanol–water partition coefficient (Wildman–Crippen LogP) is 2.95. The fourth-order valence-electron chi connectivity index (χ4n) is 0.749. The van der Waals surface area contributed by atoms with E-state index in [-0.39, 0.29) is 6.10 Å². The average Bonchev–Trinajstić information content (AvgIpc) is 2.34. The van der Waals surface area contributed by atoms with Crippen LogP contribution in [0.4, 0.5) is 0 Å². The summed E-state index contributed by atoms with van der Waals surface area (Å²) < 4.78 is 1.02. The topological polar surface area (TPSA) is 20.2 Å². The molecule has 0 radical (unpaired) electrons. The van der Waals surface area contributed by atoms with Crippen LogP contribution < -0.4 is 0 Å². The molecule has 0 aliphatic rings. The van der Waals surface area contributed by atoms with Crippen LogP contribution in [0, 0.1) is 0 Å². The van der Waals surface area contributed by atoms with Gasteiger partial charge in [-0.15, -0.1) is 0 Å². The minimum Gasteiger partial charge on any atom is -0.388 e. The Kier molecular flexibility index (Phi) is 2.89. The van der Waals surface area contributed by atoms with E-state index in [4.69, 9.17) is 0 Å². The van der Waals surface area contributed by atoms with Gasteiger partial charge in [-0.3, -0.25) is 0 Å². The lowest BCUT2D eigenvalue weighted by atomic mass is 10.1. The van der Waals surface area contributed by atoms with Crippen molar-refractivity contribution < 1.29 is 5.11 Å². The van der Waals surface area contributed by atoms with Gasteiger partial charge in [-0.1, -0.05) is 6.92 Å². The first-order chi connectivity index (χ1) is 4.75. The zero-order valence-electron chi connectivity index (χ0n) is 5.67. The largest absolute Gasteiger partial charge is 0.388 e. The van der Waals surface area contributed by atoms with Crippen LogP contribution in [0.3, 0.4) is 0 Å². The summed E-state index contributed by atoms with van der Waals surface area (Å²) in [6, 6.07) is 0. The number of aliphatic hydroxyl groups excluding tert-OH is 1. The molecule has 1 unspecified atom stereocenters. The van der Waals surface area contributed by atoms with Crippen LogP contribution in [0.5, 0.6) is 0 Å². The zero-order valence-corrected chi connectivity index (χ0v) is 8.08. The van der Waals surface area contributed by atoms with Gasteiger partial charge >= 0.3 is 0 Å². The van der Waals surface area contributed by atoms with Crippen LogP contribution >= 0.6 is 27.3 Å². The molecular formula is C7H9BrOS. The Labute approximate surface area is 72.8 Å². The molecule has 1 heterocycles. The van der Waals surface area contributed by atoms with Crippen molar-refractivity contribution in [1.29, 1.82) is 0 Å². The molecule has 0 bridgehead atoms. The maximum absolute atomic E-state index is 9.38. The normalized spacial score (nSPS) is 13.5. The molecule has 1 nitrogen and oxygen atoms in total. The minimum atomic E-state index is -0.305. The van der Waals surface area contributed by atoms with Gasteiger partial charge in [-0.05, 0) is 27.7 Å². The quantitative estimate of drug-likeness (QED) is 0.813. The first-order valence-electron chi connectivity index (χ1n) is 3.15. The van der Waals surface area contributed by atoms with Crippen LogP contribution in [-0.2, 0) is 0 Å². The first kappa shape index (κ1) is 8.24. The Balaban J connectivity index is 2.82. The molecule has 0 aliphatic carbocycles. The van der Waals surface area contributed by atoms with Crippen molar-refractivity contribution >= 4 is 27.3 Å². The van der Waals surface area contributed by atoms with Crippen LogP contribution in [-0.4, -0.2) is 5.11 Å². The highest BCUT2D eigenvalue weighted by molar-refractivity contribution is 9.10. The standard InChI is InChI=1S/C7H9BrOS/c1-2-7(9)5-3-10-4-6(5)8/h3-4,7,9H,2H2,1H3. The lowest BCUT2D eigenvalue weighted by molar-refractivity contribution is 0.173. The van der Waals surface area contributed by atoms with E-state index in [1.807, 2.05) is 17.7 Å². The highest BCUT2D eigenvalue weighted by atomic mass is 79.9. The van der Waals surface area contributed by atoms with E-state index >= 15 is 0 Å². The first-order valence-corrected chi connectivity index (χ1v) is 4.89. The van der Waals surface area contributed by atoms with E-state index in [1.54, 1.807) is 11.3 Å². The second-order valence-corrected chi connectivity index (χ2v) is 3.70. The Hall–Kier alpha value is 0.140. The van der Waals surface area contributed by atoms with E-state index in [1.165, 1.54) is 0 Å². The lowest BCUT2D eigenvalue weighted by Gasteiger charge is -2.04. The van der Waals surface area contributed by atoms with Crippen molar-refractivity contribution in [2.75, 3.05) is 0 Å². The molecule has 0 aromatic carbocycles. The van der Waals surface area contributed by atoms with Gasteiger partial charge in [0, 0.05) is 15.4 Å². The molecule has 1 N–H and O–H groups in total. The predicted molar refractivity (Wildman–Crippen MR) is 47.3 cm³/mol. The van der Waals surface area contributed by atoms with Crippen LogP contribution in [0.2, 0.25) is 0 Å². The summed E-state index contributed by atoms with van der Waals surface area (Å²) in [5.74, 6) is 0. The Morgan fingerprint density at radius 2 is 2.40 bits per heavy atom. The number of halogens is 1. The molecule has 10 heavy (non-hydrogen) atoms. The van der Waals surface area contributed by atoms with Crippen molar-refractivity contribution in [1.82, 2.24) is 0 Å². The molecule has 0 spiro atoms. The number of aliphatic hydroxyl groups is 1. The summed E-state index contributed by atoms with van der Waals surface area (Å²) in [6.07, 6.45) is 0.468. The number of hydrogen-bond donors (Lipinski definition) is 1. The van der Waals surface area contributed by atoms with Gasteiger partial charge in [0.05, 0.1) is 6.10 Å². The van der Waals surface area contributed by atoms with Gasteiger partial charge in [0.25, 0.3) is 0 Å². The van der Waals surface area contributed by atoms with E-state index in [2.05, 4.69) is 15.9 Å². The third-order valence-electron chi connectivity index (χ3n) is 1.39. The molecule has 3 heteroatoms. The fraction of sp³-hybridized carbons (Fsp3) is 0.429. The van der Waals surface area contributed by atoms with Crippen molar-refractivity contribution in [3.8, 4) is 0 Å². The van der Waals surface area contributed by atoms with Gasteiger partial charge in [-0.25, -0.2) is 0 Å². The number of rotatable bonds is 2. The maximum atomic E-state index is 9.38. The third-order valence-corrected chi connectivity index (χ3v) is 3.14. The zero-order chi connectivity index (χ0) is 7.56. The molecule has 0 saturated carbocycles. The highest BCUT2D eigenvalue weighted by Gasteiger charge is 2.08. The average molecular weight is 221 g/mol. The molecule has 0 saturated heterocycles. The number of hydrogen-bond acceptors (Lipinski definition) is 2. The lowest BCUT2D eigenvalue weighted by Crippen LogP contribution is -1.92. The number of thiophene rings is 1. The molecule has 0 amide bonds. The van der Waals surface area contributed by atoms with Gasteiger partial charge in [0.1, 0.15) is 0 Å². The molecule has 56 valence electrons.